The molecule has 1 saturated heterocycles. The van der Waals surface area contributed by atoms with Crippen LogP contribution in [0.1, 0.15) is 26.2 Å². The summed E-state index contributed by atoms with van der Waals surface area (Å²) >= 11 is 0. The van der Waals surface area contributed by atoms with Gasteiger partial charge in [0.05, 0.1) is 6.54 Å². The van der Waals surface area contributed by atoms with Crippen LogP contribution >= 0.6 is 0 Å². The minimum Gasteiger partial charge on any atom is -0.313 e. The van der Waals surface area contributed by atoms with E-state index in [9.17, 15) is 13.2 Å². The summed E-state index contributed by atoms with van der Waals surface area (Å²) in [5.74, 6) is 0. The fourth-order valence-corrected chi connectivity index (χ4v) is 2.03. The van der Waals surface area contributed by atoms with Crippen molar-refractivity contribution in [3.05, 3.63) is 0 Å². The van der Waals surface area contributed by atoms with Crippen molar-refractivity contribution in [1.29, 1.82) is 0 Å². The van der Waals surface area contributed by atoms with E-state index in [4.69, 9.17) is 0 Å². The Kier molecular flexibility index (Phi) is 4.86. The van der Waals surface area contributed by atoms with Crippen molar-refractivity contribution in [2.75, 3.05) is 26.2 Å². The van der Waals surface area contributed by atoms with Crippen LogP contribution in [0, 0.1) is 0 Å². The van der Waals surface area contributed by atoms with E-state index in [1.54, 1.807) is 0 Å². The molecule has 0 aromatic heterocycles. The summed E-state index contributed by atoms with van der Waals surface area (Å²) in [5, 5.41) is 3.22. The zero-order chi connectivity index (χ0) is 11.3. The smallest absolute Gasteiger partial charge is 0.313 e. The van der Waals surface area contributed by atoms with Crippen LogP contribution in [0.3, 0.4) is 0 Å². The minimum atomic E-state index is -4.08. The van der Waals surface area contributed by atoms with Gasteiger partial charge in [0.25, 0.3) is 0 Å². The second-order valence-corrected chi connectivity index (χ2v) is 4.14. The molecule has 1 fully saturated rings. The molecular weight excluding hydrogens is 205 g/mol. The van der Waals surface area contributed by atoms with E-state index in [1.807, 2.05) is 6.92 Å². The van der Waals surface area contributed by atoms with Crippen LogP contribution in [-0.4, -0.2) is 43.3 Å². The normalized spacial score (nSPS) is 22.6. The molecule has 1 heterocycles. The number of alkyl halides is 3. The molecule has 1 aliphatic rings. The molecule has 2 nitrogen and oxygen atoms in total. The molecule has 0 unspecified atom stereocenters. The molecule has 0 bridgehead atoms. The third kappa shape index (κ3) is 5.37. The van der Waals surface area contributed by atoms with Gasteiger partial charge >= 0.3 is 6.18 Å². The van der Waals surface area contributed by atoms with Gasteiger partial charge in [-0.05, 0) is 32.4 Å². The van der Waals surface area contributed by atoms with Crippen LogP contribution in [0.5, 0.6) is 0 Å². The molecular formula is C10H19F3N2. The summed E-state index contributed by atoms with van der Waals surface area (Å²) in [4.78, 5) is 1.50. The molecule has 5 heteroatoms. The van der Waals surface area contributed by atoms with Gasteiger partial charge in [-0.3, -0.25) is 4.90 Å². The van der Waals surface area contributed by atoms with Crippen molar-refractivity contribution >= 4 is 0 Å². The van der Waals surface area contributed by atoms with Gasteiger partial charge in [0.2, 0.25) is 0 Å². The lowest BCUT2D eigenvalue weighted by molar-refractivity contribution is -0.146. The first-order valence-electron chi connectivity index (χ1n) is 5.54. The van der Waals surface area contributed by atoms with E-state index >= 15 is 0 Å². The minimum absolute atomic E-state index is 0.249. The predicted octanol–water partition coefficient (Wildman–Crippen LogP) is 2.01. The Morgan fingerprint density at radius 2 is 2.13 bits per heavy atom. The maximum Gasteiger partial charge on any atom is 0.401 e. The van der Waals surface area contributed by atoms with Gasteiger partial charge in [-0.25, -0.2) is 0 Å². The number of rotatable bonds is 5. The van der Waals surface area contributed by atoms with Crippen molar-refractivity contribution < 1.29 is 13.2 Å². The topological polar surface area (TPSA) is 15.3 Å². The molecule has 0 saturated carbocycles. The molecule has 0 radical (unpaired) electrons. The molecule has 0 aliphatic carbocycles. The second kappa shape index (κ2) is 5.70. The first-order chi connectivity index (χ1) is 7.01. The van der Waals surface area contributed by atoms with Crippen LogP contribution in [0.4, 0.5) is 13.2 Å². The van der Waals surface area contributed by atoms with Crippen molar-refractivity contribution in [1.82, 2.24) is 10.2 Å². The Hall–Kier alpha value is -0.290. The van der Waals surface area contributed by atoms with Crippen molar-refractivity contribution in [3.8, 4) is 0 Å². The van der Waals surface area contributed by atoms with Crippen LogP contribution in [0.2, 0.25) is 0 Å². The van der Waals surface area contributed by atoms with Gasteiger partial charge in [-0.1, -0.05) is 6.92 Å². The highest BCUT2D eigenvalue weighted by atomic mass is 19.4. The Bertz CT molecular complexity index is 176. The number of nitrogens with zero attached hydrogens (tertiary/aromatic N) is 1. The number of hydrogen-bond donors (Lipinski definition) is 1. The molecule has 15 heavy (non-hydrogen) atoms. The largest absolute Gasteiger partial charge is 0.401 e. The van der Waals surface area contributed by atoms with E-state index in [2.05, 4.69) is 5.32 Å². The summed E-state index contributed by atoms with van der Waals surface area (Å²) in [6.07, 6.45) is -1.23. The van der Waals surface area contributed by atoms with E-state index < -0.39 is 12.7 Å². The van der Waals surface area contributed by atoms with Gasteiger partial charge in [-0.15, -0.1) is 0 Å². The summed E-state index contributed by atoms with van der Waals surface area (Å²) in [6, 6.07) is 0.249. The van der Waals surface area contributed by atoms with Crippen molar-refractivity contribution in [3.63, 3.8) is 0 Å². The molecule has 1 aliphatic heterocycles. The molecule has 0 spiro atoms. The molecule has 0 aromatic rings. The van der Waals surface area contributed by atoms with Crippen LogP contribution in [-0.2, 0) is 0 Å². The summed E-state index contributed by atoms with van der Waals surface area (Å²) in [7, 11) is 0. The molecule has 0 aromatic carbocycles. The highest BCUT2D eigenvalue weighted by Crippen LogP contribution is 2.17. The molecule has 1 atom stereocenters. The molecule has 1 rings (SSSR count). The van der Waals surface area contributed by atoms with E-state index in [1.165, 1.54) is 4.90 Å². The van der Waals surface area contributed by atoms with E-state index in [0.29, 0.717) is 13.1 Å². The predicted molar refractivity (Wildman–Crippen MR) is 53.8 cm³/mol. The summed E-state index contributed by atoms with van der Waals surface area (Å²) in [6.45, 7) is 3.12. The summed E-state index contributed by atoms with van der Waals surface area (Å²) in [5.41, 5.74) is 0. The lowest BCUT2D eigenvalue weighted by Crippen LogP contribution is -2.42. The van der Waals surface area contributed by atoms with Gasteiger partial charge in [-0.2, -0.15) is 13.2 Å². The standard InChI is InChI=1S/C10H19F3N2/c1-2-6-15(8-10(11,12)13)7-9-4-3-5-14-9/h9,14H,2-8H2,1H3/t9-/m0/s1. The fraction of sp³-hybridized carbons (Fsp3) is 1.00. The molecule has 90 valence electrons. The van der Waals surface area contributed by atoms with E-state index in [-0.39, 0.29) is 6.04 Å². The Labute approximate surface area is 88.8 Å². The maximum atomic E-state index is 12.2. The number of nitrogens with one attached hydrogen (secondary N) is 1. The van der Waals surface area contributed by atoms with Crippen LogP contribution < -0.4 is 5.32 Å². The van der Waals surface area contributed by atoms with Gasteiger partial charge in [0, 0.05) is 12.6 Å². The highest BCUT2D eigenvalue weighted by Gasteiger charge is 2.31. The maximum absolute atomic E-state index is 12.2. The molecule has 0 amide bonds. The Morgan fingerprint density at radius 3 is 2.60 bits per heavy atom. The Morgan fingerprint density at radius 1 is 1.40 bits per heavy atom. The average Bonchev–Trinajstić information content (AvgIpc) is 2.54. The first kappa shape index (κ1) is 12.8. The van der Waals surface area contributed by atoms with Crippen molar-refractivity contribution in [2.24, 2.45) is 0 Å². The fourth-order valence-electron chi connectivity index (χ4n) is 2.03. The monoisotopic (exact) mass is 224 g/mol. The number of hydrogen-bond acceptors (Lipinski definition) is 2. The zero-order valence-corrected chi connectivity index (χ0v) is 9.11. The average molecular weight is 224 g/mol. The number of halogens is 3. The van der Waals surface area contributed by atoms with Crippen molar-refractivity contribution in [2.45, 2.75) is 38.4 Å². The SMILES string of the molecule is CCCN(C[C@@H]1CCCN1)CC(F)(F)F. The third-order valence-corrected chi connectivity index (χ3v) is 2.58. The summed E-state index contributed by atoms with van der Waals surface area (Å²) < 4.78 is 36.7. The Balaban J connectivity index is 2.35. The van der Waals surface area contributed by atoms with Gasteiger partial charge in [0.15, 0.2) is 0 Å². The molecule has 1 N–H and O–H groups in total. The van der Waals surface area contributed by atoms with Crippen LogP contribution in [0.15, 0.2) is 0 Å². The lowest BCUT2D eigenvalue weighted by Gasteiger charge is -2.26. The zero-order valence-electron chi connectivity index (χ0n) is 9.11. The van der Waals surface area contributed by atoms with Gasteiger partial charge in [0.1, 0.15) is 0 Å². The first-order valence-corrected chi connectivity index (χ1v) is 5.54. The second-order valence-electron chi connectivity index (χ2n) is 4.14. The van der Waals surface area contributed by atoms with Gasteiger partial charge < -0.3 is 5.32 Å². The van der Waals surface area contributed by atoms with E-state index in [0.717, 1.165) is 25.8 Å². The quantitative estimate of drug-likeness (QED) is 0.768. The lowest BCUT2D eigenvalue weighted by atomic mass is 10.2. The third-order valence-electron chi connectivity index (χ3n) is 2.58. The highest BCUT2D eigenvalue weighted by molar-refractivity contribution is 4.78. The van der Waals surface area contributed by atoms with Crippen LogP contribution in [0.25, 0.3) is 0 Å².